The Morgan fingerprint density at radius 2 is 0.863 bits per heavy atom. The zero-order chi connectivity index (χ0) is 33.7. The number of hydrogen-bond donors (Lipinski definition) is 0. The molecule has 0 amide bonds. The Morgan fingerprint density at radius 1 is 0.333 bits per heavy atom. The number of anilines is 3. The van der Waals surface area contributed by atoms with Gasteiger partial charge >= 0.3 is 0 Å². The second-order valence-corrected chi connectivity index (χ2v) is 15.0. The normalized spacial score (nSPS) is 11.5. The van der Waals surface area contributed by atoms with E-state index in [1.807, 2.05) is 22.7 Å². The molecule has 0 saturated carbocycles. The van der Waals surface area contributed by atoms with Crippen molar-refractivity contribution in [3.05, 3.63) is 188 Å². The van der Waals surface area contributed by atoms with E-state index in [1.54, 1.807) is 0 Å². The van der Waals surface area contributed by atoms with Gasteiger partial charge < -0.3 is 4.90 Å². The van der Waals surface area contributed by atoms with Crippen molar-refractivity contribution in [2.24, 2.45) is 0 Å². The van der Waals surface area contributed by atoms with Crippen LogP contribution in [0.15, 0.2) is 188 Å². The van der Waals surface area contributed by atoms with Crippen molar-refractivity contribution in [2.45, 2.75) is 0 Å². The molecule has 0 bridgehead atoms. The summed E-state index contributed by atoms with van der Waals surface area (Å²) in [4.78, 5) is 2.53. The van der Waals surface area contributed by atoms with E-state index in [0.29, 0.717) is 0 Å². The molecule has 0 aliphatic carbocycles. The molecule has 2 heterocycles. The van der Waals surface area contributed by atoms with E-state index in [0.717, 1.165) is 5.69 Å². The Bertz CT molecular complexity index is 2830. The molecule has 240 valence electrons. The smallest absolute Gasteiger partial charge is 0.0718 e. The number of benzene rings is 8. The molecule has 0 atom stereocenters. The zero-order valence-electron chi connectivity index (χ0n) is 27.7. The lowest BCUT2D eigenvalue weighted by molar-refractivity contribution is 1.32. The Morgan fingerprint density at radius 3 is 1.55 bits per heavy atom. The molecular weight excluding hydrogens is 655 g/mol. The summed E-state index contributed by atoms with van der Waals surface area (Å²) in [6, 6.07) is 68.6. The van der Waals surface area contributed by atoms with Crippen LogP contribution in [0, 0.1) is 0 Å². The van der Waals surface area contributed by atoms with Crippen molar-refractivity contribution in [3.8, 4) is 33.4 Å². The molecule has 2 aromatic heterocycles. The van der Waals surface area contributed by atoms with Crippen molar-refractivity contribution in [1.29, 1.82) is 0 Å². The van der Waals surface area contributed by atoms with E-state index in [-0.39, 0.29) is 0 Å². The van der Waals surface area contributed by atoms with Gasteiger partial charge in [-0.2, -0.15) is 0 Å². The molecule has 0 fully saturated rings. The maximum Gasteiger partial charge on any atom is 0.0718 e. The van der Waals surface area contributed by atoms with Crippen LogP contribution in [0.25, 0.3) is 73.7 Å². The van der Waals surface area contributed by atoms with Crippen molar-refractivity contribution >= 4 is 80.1 Å². The van der Waals surface area contributed by atoms with Crippen LogP contribution in [0.1, 0.15) is 0 Å². The monoisotopic (exact) mass is 685 g/mol. The maximum atomic E-state index is 2.53. The lowest BCUT2D eigenvalue weighted by Gasteiger charge is -2.29. The number of thiophene rings is 2. The van der Waals surface area contributed by atoms with E-state index in [2.05, 4.69) is 193 Å². The first-order valence-electron chi connectivity index (χ1n) is 17.3. The summed E-state index contributed by atoms with van der Waals surface area (Å²) in [5, 5.41) is 5.16. The molecule has 10 rings (SSSR count). The van der Waals surface area contributed by atoms with Gasteiger partial charge in [-0.25, -0.2) is 0 Å². The van der Waals surface area contributed by atoms with Crippen molar-refractivity contribution in [2.75, 3.05) is 4.90 Å². The third-order valence-corrected chi connectivity index (χ3v) is 12.2. The van der Waals surface area contributed by atoms with Gasteiger partial charge in [-0.05, 0) is 64.2 Å². The molecule has 0 aliphatic rings. The molecule has 51 heavy (non-hydrogen) atoms. The van der Waals surface area contributed by atoms with Gasteiger partial charge in [0.2, 0.25) is 0 Å². The Hall–Kier alpha value is -6.00. The fourth-order valence-corrected chi connectivity index (χ4v) is 9.83. The van der Waals surface area contributed by atoms with Crippen LogP contribution in [0.4, 0.5) is 17.1 Å². The van der Waals surface area contributed by atoms with Crippen LogP contribution in [-0.4, -0.2) is 0 Å². The zero-order valence-corrected chi connectivity index (χ0v) is 29.3. The van der Waals surface area contributed by atoms with Crippen LogP contribution in [0.2, 0.25) is 0 Å². The third kappa shape index (κ3) is 5.13. The second kappa shape index (κ2) is 12.4. The van der Waals surface area contributed by atoms with E-state index >= 15 is 0 Å². The Kier molecular flexibility index (Phi) is 7.26. The SMILES string of the molecule is c1ccc(-c2ccc(-c3ccc(N(c4c(-c5ccccc5)ccc5c4sc4ccccc45)c4cccc5sc6ccccc6c45)cc3)cc2)cc1. The Labute approximate surface area is 304 Å². The highest BCUT2D eigenvalue weighted by Crippen LogP contribution is 2.52. The van der Waals surface area contributed by atoms with Gasteiger partial charge in [-0.15, -0.1) is 22.7 Å². The number of fused-ring (bicyclic) bond motifs is 6. The molecule has 0 saturated heterocycles. The highest BCUT2D eigenvalue weighted by molar-refractivity contribution is 7.26. The van der Waals surface area contributed by atoms with Gasteiger partial charge in [0, 0.05) is 46.9 Å². The average molecular weight is 686 g/mol. The van der Waals surface area contributed by atoms with Crippen molar-refractivity contribution in [1.82, 2.24) is 0 Å². The van der Waals surface area contributed by atoms with Gasteiger partial charge in [0.05, 0.1) is 16.1 Å². The molecule has 0 spiro atoms. The lowest BCUT2D eigenvalue weighted by atomic mass is 9.98. The predicted molar refractivity (Wildman–Crippen MR) is 223 cm³/mol. The lowest BCUT2D eigenvalue weighted by Crippen LogP contribution is -2.12. The summed E-state index contributed by atoms with van der Waals surface area (Å²) in [6.07, 6.45) is 0. The van der Waals surface area contributed by atoms with E-state index < -0.39 is 0 Å². The first kappa shape index (κ1) is 29.9. The van der Waals surface area contributed by atoms with Gasteiger partial charge in [0.25, 0.3) is 0 Å². The quantitative estimate of drug-likeness (QED) is 0.168. The van der Waals surface area contributed by atoms with E-state index in [9.17, 15) is 0 Å². The van der Waals surface area contributed by atoms with Gasteiger partial charge in [-0.3, -0.25) is 0 Å². The summed E-state index contributed by atoms with van der Waals surface area (Å²) in [7, 11) is 0. The number of nitrogens with zero attached hydrogens (tertiary/aromatic N) is 1. The Balaban J connectivity index is 1.22. The summed E-state index contributed by atoms with van der Waals surface area (Å²) >= 11 is 3.75. The number of rotatable bonds is 6. The molecule has 0 radical (unpaired) electrons. The molecule has 0 unspecified atom stereocenters. The van der Waals surface area contributed by atoms with Crippen LogP contribution in [-0.2, 0) is 0 Å². The number of hydrogen-bond acceptors (Lipinski definition) is 3. The fourth-order valence-electron chi connectivity index (χ4n) is 7.47. The maximum absolute atomic E-state index is 2.53. The van der Waals surface area contributed by atoms with Crippen LogP contribution >= 0.6 is 22.7 Å². The minimum Gasteiger partial charge on any atom is -0.308 e. The predicted octanol–water partition coefficient (Wildman–Crippen LogP) is 14.9. The minimum absolute atomic E-state index is 1.13. The summed E-state index contributed by atoms with van der Waals surface area (Å²) in [5.74, 6) is 0. The van der Waals surface area contributed by atoms with Gasteiger partial charge in [0.15, 0.2) is 0 Å². The van der Waals surface area contributed by atoms with Crippen molar-refractivity contribution < 1.29 is 0 Å². The van der Waals surface area contributed by atoms with Crippen LogP contribution < -0.4 is 4.90 Å². The molecule has 0 aliphatic heterocycles. The average Bonchev–Trinajstić information content (AvgIpc) is 3.78. The molecule has 10 aromatic rings. The summed E-state index contributed by atoms with van der Waals surface area (Å²) in [6.45, 7) is 0. The molecule has 1 nitrogen and oxygen atoms in total. The minimum atomic E-state index is 1.13. The summed E-state index contributed by atoms with van der Waals surface area (Å²) < 4.78 is 5.18. The summed E-state index contributed by atoms with van der Waals surface area (Å²) in [5.41, 5.74) is 10.8. The molecule has 0 N–H and O–H groups in total. The third-order valence-electron chi connectivity index (χ3n) is 9.90. The van der Waals surface area contributed by atoms with E-state index in [4.69, 9.17) is 0 Å². The highest BCUT2D eigenvalue weighted by atomic mass is 32.1. The van der Waals surface area contributed by atoms with Gasteiger partial charge in [-0.1, -0.05) is 152 Å². The molecular formula is C48H31NS2. The highest BCUT2D eigenvalue weighted by Gasteiger charge is 2.25. The largest absolute Gasteiger partial charge is 0.308 e. The topological polar surface area (TPSA) is 3.24 Å². The molecule has 3 heteroatoms. The first-order valence-corrected chi connectivity index (χ1v) is 18.9. The van der Waals surface area contributed by atoms with E-state index in [1.165, 1.54) is 85.1 Å². The molecule has 8 aromatic carbocycles. The van der Waals surface area contributed by atoms with Gasteiger partial charge in [0.1, 0.15) is 0 Å². The standard InChI is InChI=1S/C48H31NS2/c1-3-12-32(13-4-1)33-22-24-34(25-23-33)35-26-28-37(29-27-35)49(42-18-11-21-45-46(42)41-17-8-10-20-44(41)50-45)47-38(36-14-5-2-6-15-36)30-31-40-39-16-7-9-19-43(39)51-48(40)47/h1-31H. The second-order valence-electron chi connectivity index (χ2n) is 12.9. The van der Waals surface area contributed by atoms with Crippen molar-refractivity contribution in [3.63, 3.8) is 0 Å². The van der Waals surface area contributed by atoms with Crippen LogP contribution in [0.5, 0.6) is 0 Å². The van der Waals surface area contributed by atoms with Crippen LogP contribution in [0.3, 0.4) is 0 Å². The first-order chi connectivity index (χ1) is 25.3. The fraction of sp³-hybridized carbons (Fsp3) is 0.